The van der Waals surface area contributed by atoms with Crippen molar-refractivity contribution in [2.45, 2.75) is 30.0 Å². The van der Waals surface area contributed by atoms with Crippen molar-refractivity contribution in [3.05, 3.63) is 53.3 Å². The first-order valence-corrected chi connectivity index (χ1v) is 10.5. The van der Waals surface area contributed by atoms with Crippen LogP contribution in [0.3, 0.4) is 0 Å². The van der Waals surface area contributed by atoms with E-state index in [1.807, 2.05) is 6.07 Å². The van der Waals surface area contributed by atoms with Gasteiger partial charge in [-0.15, -0.1) is 0 Å². The fourth-order valence-corrected chi connectivity index (χ4v) is 4.21. The molecule has 11 heteroatoms. The maximum absolute atomic E-state index is 14.3. The molecule has 0 saturated carbocycles. The Labute approximate surface area is 171 Å². The van der Waals surface area contributed by atoms with Gasteiger partial charge in [0.05, 0.1) is 27.8 Å². The minimum Gasteiger partial charge on any atom is -0.381 e. The molecule has 0 bridgehead atoms. The number of nitrogens with two attached hydrogens (primary N) is 1. The molecule has 0 aromatic heterocycles. The van der Waals surface area contributed by atoms with Gasteiger partial charge in [0, 0.05) is 24.8 Å². The average molecular weight is 442 g/mol. The summed E-state index contributed by atoms with van der Waals surface area (Å²) in [6.45, 7) is 0.875. The van der Waals surface area contributed by atoms with Gasteiger partial charge in [0.2, 0.25) is 10.0 Å². The Morgan fingerprint density at radius 2 is 1.93 bits per heavy atom. The molecule has 3 rings (SSSR count). The van der Waals surface area contributed by atoms with E-state index in [4.69, 9.17) is 10.4 Å². The van der Waals surface area contributed by atoms with Crippen molar-refractivity contribution < 1.29 is 26.0 Å². The second kappa shape index (κ2) is 8.12. The van der Waals surface area contributed by atoms with Crippen LogP contribution in [-0.2, 0) is 16.2 Å². The number of halogens is 4. The number of benzene rings is 2. The smallest absolute Gasteiger partial charge is 0.381 e. The molecule has 1 aliphatic rings. The zero-order valence-electron chi connectivity index (χ0n) is 15.6. The zero-order valence-corrected chi connectivity index (χ0v) is 16.4. The molecule has 0 amide bonds. The topological polar surface area (TPSA) is 99.2 Å². The molecular weight excluding hydrogens is 424 g/mol. The number of nitrogens with zero attached hydrogens (tertiary/aromatic N) is 2. The maximum Gasteiger partial charge on any atom is 0.417 e. The first kappa shape index (κ1) is 21.9. The van der Waals surface area contributed by atoms with Crippen LogP contribution in [0.2, 0.25) is 0 Å². The Bertz CT molecular complexity index is 1100. The lowest BCUT2D eigenvalue weighted by atomic mass is 10.0. The van der Waals surface area contributed by atoms with E-state index < -0.39 is 32.5 Å². The van der Waals surface area contributed by atoms with Gasteiger partial charge < -0.3 is 10.2 Å². The van der Waals surface area contributed by atoms with E-state index in [2.05, 4.69) is 5.32 Å². The number of nitrogens with one attached hydrogen (secondary N) is 1. The Balaban J connectivity index is 1.82. The van der Waals surface area contributed by atoms with Crippen LogP contribution >= 0.6 is 0 Å². The first-order chi connectivity index (χ1) is 14.0. The average Bonchev–Trinajstić information content (AvgIpc) is 2.66. The molecule has 0 aliphatic carbocycles. The third-order valence-electron chi connectivity index (χ3n) is 4.80. The molecule has 6 nitrogen and oxygen atoms in total. The summed E-state index contributed by atoms with van der Waals surface area (Å²) in [6, 6.07) is 8.44. The third kappa shape index (κ3) is 4.83. The number of hydrogen-bond acceptors (Lipinski definition) is 5. The Hall–Kier alpha value is -2.84. The van der Waals surface area contributed by atoms with E-state index in [0.29, 0.717) is 37.7 Å². The summed E-state index contributed by atoms with van der Waals surface area (Å²) < 4.78 is 77.2. The molecule has 1 unspecified atom stereocenters. The summed E-state index contributed by atoms with van der Waals surface area (Å²) in [4.78, 5) is 0.756. The van der Waals surface area contributed by atoms with E-state index in [0.717, 1.165) is 12.1 Å². The van der Waals surface area contributed by atoms with Crippen molar-refractivity contribution in [3.8, 4) is 6.07 Å². The second-order valence-electron chi connectivity index (χ2n) is 6.96. The fourth-order valence-electron chi connectivity index (χ4n) is 3.47. The molecule has 0 spiro atoms. The van der Waals surface area contributed by atoms with Crippen molar-refractivity contribution in [2.75, 3.05) is 23.3 Å². The molecule has 1 heterocycles. The molecular formula is C19H18F4N4O2S. The summed E-state index contributed by atoms with van der Waals surface area (Å²) in [7, 11) is -4.54. The summed E-state index contributed by atoms with van der Waals surface area (Å²) in [5.74, 6) is -0.549. The minimum atomic E-state index is -4.90. The van der Waals surface area contributed by atoms with Gasteiger partial charge >= 0.3 is 6.18 Å². The van der Waals surface area contributed by atoms with E-state index in [9.17, 15) is 26.0 Å². The molecule has 0 radical (unpaired) electrons. The molecule has 2 aromatic rings. The predicted molar refractivity (Wildman–Crippen MR) is 103 cm³/mol. The lowest BCUT2D eigenvalue weighted by Crippen LogP contribution is -2.42. The largest absolute Gasteiger partial charge is 0.417 e. The van der Waals surface area contributed by atoms with Crippen LogP contribution in [0.5, 0.6) is 0 Å². The van der Waals surface area contributed by atoms with E-state index >= 15 is 0 Å². The second-order valence-corrected chi connectivity index (χ2v) is 8.49. The number of alkyl halides is 3. The maximum atomic E-state index is 14.3. The van der Waals surface area contributed by atoms with Crippen LogP contribution in [0.15, 0.2) is 41.3 Å². The van der Waals surface area contributed by atoms with Gasteiger partial charge in [-0.1, -0.05) is 0 Å². The molecule has 1 fully saturated rings. The number of sulfonamides is 1. The predicted octanol–water partition coefficient (Wildman–Crippen LogP) is 3.44. The summed E-state index contributed by atoms with van der Waals surface area (Å²) in [5, 5.41) is 16.7. The van der Waals surface area contributed by atoms with Crippen molar-refractivity contribution in [3.63, 3.8) is 0 Å². The SMILES string of the molecule is N#Cc1ccc(N2CCCC(Nc3ccc(S(N)(=O)=O)c(C(F)(F)F)c3)C2)c(F)c1. The third-order valence-corrected chi connectivity index (χ3v) is 5.77. The quantitative estimate of drug-likeness (QED) is 0.707. The van der Waals surface area contributed by atoms with E-state index in [1.54, 1.807) is 4.90 Å². The van der Waals surface area contributed by atoms with Crippen LogP contribution in [0, 0.1) is 17.1 Å². The molecule has 160 valence electrons. The van der Waals surface area contributed by atoms with Gasteiger partial charge in [-0.25, -0.2) is 17.9 Å². The lowest BCUT2D eigenvalue weighted by Gasteiger charge is -2.35. The highest BCUT2D eigenvalue weighted by molar-refractivity contribution is 7.89. The Kier molecular flexibility index (Phi) is 5.92. The monoisotopic (exact) mass is 442 g/mol. The molecule has 1 saturated heterocycles. The molecule has 1 aliphatic heterocycles. The fraction of sp³-hybridized carbons (Fsp3) is 0.316. The molecule has 1 atom stereocenters. The summed E-state index contributed by atoms with van der Waals surface area (Å²) >= 11 is 0. The van der Waals surface area contributed by atoms with Crippen molar-refractivity contribution >= 4 is 21.4 Å². The van der Waals surface area contributed by atoms with Crippen LogP contribution in [0.25, 0.3) is 0 Å². The van der Waals surface area contributed by atoms with Crippen LogP contribution in [0.4, 0.5) is 28.9 Å². The summed E-state index contributed by atoms with van der Waals surface area (Å²) in [5.41, 5.74) is -0.763. The normalized spacial score (nSPS) is 17.5. The van der Waals surface area contributed by atoms with Gasteiger partial charge in [0.1, 0.15) is 5.82 Å². The van der Waals surface area contributed by atoms with Gasteiger partial charge in [0.25, 0.3) is 0 Å². The van der Waals surface area contributed by atoms with Gasteiger partial charge in [-0.3, -0.25) is 0 Å². The van der Waals surface area contributed by atoms with E-state index in [-0.39, 0.29) is 17.3 Å². The number of piperidine rings is 1. The number of primary sulfonamides is 1. The highest BCUT2D eigenvalue weighted by atomic mass is 32.2. The van der Waals surface area contributed by atoms with Gasteiger partial charge in [-0.05, 0) is 49.2 Å². The van der Waals surface area contributed by atoms with Gasteiger partial charge in [0.15, 0.2) is 0 Å². The molecule has 3 N–H and O–H groups in total. The minimum absolute atomic E-state index is 0.0851. The number of rotatable bonds is 4. The lowest BCUT2D eigenvalue weighted by molar-refractivity contribution is -0.139. The molecule has 2 aromatic carbocycles. The number of hydrogen-bond donors (Lipinski definition) is 2. The first-order valence-electron chi connectivity index (χ1n) is 8.94. The van der Waals surface area contributed by atoms with Crippen molar-refractivity contribution in [1.82, 2.24) is 0 Å². The Morgan fingerprint density at radius 3 is 2.53 bits per heavy atom. The van der Waals surface area contributed by atoms with Gasteiger partial charge in [-0.2, -0.15) is 18.4 Å². The number of anilines is 2. The van der Waals surface area contributed by atoms with E-state index in [1.165, 1.54) is 18.2 Å². The van der Waals surface area contributed by atoms with Crippen molar-refractivity contribution in [1.29, 1.82) is 5.26 Å². The van der Waals surface area contributed by atoms with Crippen LogP contribution < -0.4 is 15.4 Å². The Morgan fingerprint density at radius 1 is 1.20 bits per heavy atom. The van der Waals surface area contributed by atoms with Crippen LogP contribution in [-0.4, -0.2) is 27.5 Å². The van der Waals surface area contributed by atoms with Crippen molar-refractivity contribution in [2.24, 2.45) is 5.14 Å². The summed E-state index contributed by atoms with van der Waals surface area (Å²) in [6.07, 6.45) is -3.60. The number of nitriles is 1. The standard InChI is InChI=1S/C19H18F4N4O2S/c20-16-8-12(10-24)3-5-17(16)27-7-1-2-14(11-27)26-13-4-6-18(30(25,28)29)15(9-13)19(21,22)23/h3-6,8-9,14,26H,1-2,7,11H2,(H2,25,28,29). The highest BCUT2D eigenvalue weighted by Crippen LogP contribution is 2.36. The van der Waals surface area contributed by atoms with Crippen LogP contribution in [0.1, 0.15) is 24.0 Å². The zero-order chi connectivity index (χ0) is 22.1. The highest BCUT2D eigenvalue weighted by Gasteiger charge is 2.37. The molecule has 30 heavy (non-hydrogen) atoms.